The van der Waals surface area contributed by atoms with Crippen LogP contribution < -0.4 is 14.8 Å². The largest absolute Gasteiger partial charge is 0.493 e. The molecule has 0 radical (unpaired) electrons. The predicted molar refractivity (Wildman–Crippen MR) is 118 cm³/mol. The maximum atomic E-state index is 12.4. The molecule has 1 aromatic heterocycles. The summed E-state index contributed by atoms with van der Waals surface area (Å²) in [6, 6.07) is 14.9. The topological polar surface area (TPSA) is 97.8 Å². The van der Waals surface area contributed by atoms with E-state index in [1.165, 1.54) is 0 Å². The minimum Gasteiger partial charge on any atom is -0.493 e. The van der Waals surface area contributed by atoms with E-state index >= 15 is 0 Å². The molecule has 0 aliphatic carbocycles. The van der Waals surface area contributed by atoms with Crippen LogP contribution in [0, 0.1) is 0 Å². The molecule has 1 atom stereocenters. The Hall–Kier alpha value is -3.10. The van der Waals surface area contributed by atoms with E-state index in [1.807, 2.05) is 0 Å². The van der Waals surface area contributed by atoms with E-state index < -0.39 is 11.9 Å². The second-order valence-corrected chi connectivity index (χ2v) is 7.99. The van der Waals surface area contributed by atoms with Gasteiger partial charge in [-0.3, -0.25) is 9.59 Å². The van der Waals surface area contributed by atoms with Crippen LogP contribution in [-0.2, 0) is 4.79 Å². The zero-order valence-corrected chi connectivity index (χ0v) is 18.3. The molecule has 3 aromatic rings. The van der Waals surface area contributed by atoms with E-state index in [4.69, 9.17) is 21.1 Å². The SMILES string of the molecule is O=C(Nc1cccc(Br)n1)c1ccc(Oc2cc3c(cc2Cl)C(C(=O)O)CCO3)cc1. The smallest absolute Gasteiger partial charge is 0.311 e. The third-order valence-corrected chi connectivity index (χ3v) is 5.44. The third kappa shape index (κ3) is 4.81. The maximum absolute atomic E-state index is 12.4. The number of hydrogen-bond donors (Lipinski definition) is 2. The van der Waals surface area contributed by atoms with E-state index in [9.17, 15) is 14.7 Å². The molecule has 0 bridgehead atoms. The molecule has 1 aliphatic heterocycles. The zero-order valence-electron chi connectivity index (χ0n) is 16.0. The number of nitrogens with zero attached hydrogens (tertiary/aromatic N) is 1. The number of anilines is 1. The Morgan fingerprint density at radius 2 is 1.97 bits per heavy atom. The number of rotatable bonds is 5. The highest BCUT2D eigenvalue weighted by atomic mass is 79.9. The standard InChI is InChI=1S/C22H16BrClN2O5/c23-19-2-1-3-20(25-19)26-21(27)12-4-6-13(7-5-12)31-18-11-17-15(10-16(18)24)14(22(28)29)8-9-30-17/h1-7,10-11,14H,8-9H2,(H,28,29)(H,25,26,27). The van der Waals surface area contributed by atoms with Crippen LogP contribution in [0.3, 0.4) is 0 Å². The van der Waals surface area contributed by atoms with Crippen LogP contribution in [0.15, 0.2) is 59.2 Å². The number of amides is 1. The lowest BCUT2D eigenvalue weighted by molar-refractivity contribution is -0.139. The highest BCUT2D eigenvalue weighted by Gasteiger charge is 2.29. The summed E-state index contributed by atoms with van der Waals surface area (Å²) in [5.74, 6) is -0.214. The summed E-state index contributed by atoms with van der Waals surface area (Å²) in [6.45, 7) is 0.307. The van der Waals surface area contributed by atoms with Gasteiger partial charge in [-0.15, -0.1) is 0 Å². The summed E-state index contributed by atoms with van der Waals surface area (Å²) in [4.78, 5) is 28.0. The number of nitrogens with one attached hydrogen (secondary N) is 1. The van der Waals surface area contributed by atoms with Crippen molar-refractivity contribution >= 4 is 45.2 Å². The van der Waals surface area contributed by atoms with Gasteiger partial charge in [0, 0.05) is 17.2 Å². The van der Waals surface area contributed by atoms with Crippen molar-refractivity contribution in [1.29, 1.82) is 0 Å². The number of ether oxygens (including phenoxy) is 2. The first-order valence-corrected chi connectivity index (χ1v) is 10.5. The molecule has 2 aromatic carbocycles. The molecule has 9 heteroatoms. The fraction of sp³-hybridized carbons (Fsp3) is 0.136. The molecular weight excluding hydrogens is 488 g/mol. The average Bonchev–Trinajstić information content (AvgIpc) is 2.74. The normalized spacial score (nSPS) is 14.8. The van der Waals surface area contributed by atoms with Crippen LogP contribution in [0.5, 0.6) is 17.2 Å². The minimum absolute atomic E-state index is 0.276. The molecule has 31 heavy (non-hydrogen) atoms. The van der Waals surface area contributed by atoms with Crippen molar-refractivity contribution in [2.75, 3.05) is 11.9 Å². The molecule has 1 unspecified atom stereocenters. The third-order valence-electron chi connectivity index (χ3n) is 4.70. The molecule has 1 amide bonds. The van der Waals surface area contributed by atoms with Crippen molar-refractivity contribution in [3.05, 3.63) is 75.4 Å². The molecule has 0 spiro atoms. The molecule has 7 nitrogen and oxygen atoms in total. The quantitative estimate of drug-likeness (QED) is 0.447. The van der Waals surface area contributed by atoms with Crippen molar-refractivity contribution in [2.45, 2.75) is 12.3 Å². The monoisotopic (exact) mass is 502 g/mol. The van der Waals surface area contributed by atoms with E-state index in [2.05, 4.69) is 26.2 Å². The van der Waals surface area contributed by atoms with Gasteiger partial charge in [-0.25, -0.2) is 4.98 Å². The predicted octanol–water partition coefficient (Wildman–Crippen LogP) is 5.49. The number of halogens is 2. The van der Waals surface area contributed by atoms with Crippen LogP contribution in [0.2, 0.25) is 5.02 Å². The van der Waals surface area contributed by atoms with Gasteiger partial charge >= 0.3 is 5.97 Å². The molecule has 2 N–H and O–H groups in total. The van der Waals surface area contributed by atoms with Gasteiger partial charge in [-0.05, 0) is 64.8 Å². The van der Waals surface area contributed by atoms with Crippen molar-refractivity contribution in [3.63, 3.8) is 0 Å². The lowest BCUT2D eigenvalue weighted by Crippen LogP contribution is -2.20. The first kappa shape index (κ1) is 21.1. The van der Waals surface area contributed by atoms with Gasteiger partial charge in [0.25, 0.3) is 5.91 Å². The Balaban J connectivity index is 1.49. The van der Waals surface area contributed by atoms with Gasteiger partial charge in [-0.1, -0.05) is 17.7 Å². The van der Waals surface area contributed by atoms with Gasteiger partial charge in [0.15, 0.2) is 0 Å². The Labute approximate surface area is 191 Å². The summed E-state index contributed by atoms with van der Waals surface area (Å²) in [5, 5.41) is 12.4. The lowest BCUT2D eigenvalue weighted by Gasteiger charge is -2.24. The van der Waals surface area contributed by atoms with Gasteiger partial charge in [0.1, 0.15) is 27.7 Å². The molecule has 158 valence electrons. The molecule has 1 aliphatic rings. The Kier molecular flexibility index (Phi) is 6.11. The van der Waals surface area contributed by atoms with Crippen molar-refractivity contribution < 1.29 is 24.2 Å². The van der Waals surface area contributed by atoms with Crippen molar-refractivity contribution in [2.24, 2.45) is 0 Å². The van der Waals surface area contributed by atoms with Crippen LogP contribution in [0.25, 0.3) is 0 Å². The highest BCUT2D eigenvalue weighted by molar-refractivity contribution is 9.10. The van der Waals surface area contributed by atoms with Gasteiger partial charge in [-0.2, -0.15) is 0 Å². The first-order chi connectivity index (χ1) is 14.9. The van der Waals surface area contributed by atoms with Crippen molar-refractivity contribution in [1.82, 2.24) is 4.98 Å². The molecular formula is C22H16BrClN2O5. The number of aromatic nitrogens is 1. The van der Waals surface area contributed by atoms with E-state index in [0.717, 1.165) is 0 Å². The Bertz CT molecular complexity index is 1150. The van der Waals surface area contributed by atoms with Gasteiger partial charge in [0.2, 0.25) is 0 Å². The number of aliphatic carboxylic acids is 1. The van der Waals surface area contributed by atoms with Crippen LogP contribution in [0.4, 0.5) is 5.82 Å². The maximum Gasteiger partial charge on any atom is 0.311 e. The number of carboxylic acid groups (broad SMARTS) is 1. The highest BCUT2D eigenvalue weighted by Crippen LogP contribution is 2.41. The second kappa shape index (κ2) is 8.95. The number of carbonyl (C=O) groups excluding carboxylic acids is 1. The van der Waals surface area contributed by atoms with Crippen LogP contribution in [-0.4, -0.2) is 28.6 Å². The number of benzene rings is 2. The van der Waals surface area contributed by atoms with E-state index in [1.54, 1.807) is 54.6 Å². The first-order valence-electron chi connectivity index (χ1n) is 9.31. The van der Waals surface area contributed by atoms with Gasteiger partial charge in [0.05, 0.1) is 17.5 Å². The second-order valence-electron chi connectivity index (χ2n) is 6.77. The number of fused-ring (bicyclic) bond motifs is 1. The summed E-state index contributed by atoms with van der Waals surface area (Å²) < 4.78 is 12.0. The fourth-order valence-electron chi connectivity index (χ4n) is 3.19. The Morgan fingerprint density at radius 3 is 2.68 bits per heavy atom. The zero-order chi connectivity index (χ0) is 22.0. The fourth-order valence-corrected chi connectivity index (χ4v) is 3.75. The van der Waals surface area contributed by atoms with E-state index in [-0.39, 0.29) is 10.9 Å². The summed E-state index contributed by atoms with van der Waals surface area (Å²) in [7, 11) is 0. The number of carbonyl (C=O) groups is 2. The lowest BCUT2D eigenvalue weighted by atomic mass is 9.93. The summed E-state index contributed by atoms with van der Waals surface area (Å²) >= 11 is 9.58. The summed E-state index contributed by atoms with van der Waals surface area (Å²) in [5.41, 5.74) is 0.961. The van der Waals surface area contributed by atoms with Crippen LogP contribution >= 0.6 is 27.5 Å². The summed E-state index contributed by atoms with van der Waals surface area (Å²) in [6.07, 6.45) is 0.387. The van der Waals surface area contributed by atoms with Gasteiger partial charge < -0.3 is 19.9 Å². The molecule has 0 fully saturated rings. The molecule has 2 heterocycles. The number of carboxylic acids is 1. The number of hydrogen-bond acceptors (Lipinski definition) is 5. The van der Waals surface area contributed by atoms with E-state index in [0.29, 0.717) is 51.8 Å². The number of pyridine rings is 1. The Morgan fingerprint density at radius 1 is 1.19 bits per heavy atom. The van der Waals surface area contributed by atoms with Crippen LogP contribution in [0.1, 0.15) is 28.3 Å². The molecule has 0 saturated carbocycles. The molecule has 4 rings (SSSR count). The minimum atomic E-state index is -0.916. The molecule has 0 saturated heterocycles. The van der Waals surface area contributed by atoms with Crippen molar-refractivity contribution in [3.8, 4) is 17.2 Å². The average molecular weight is 504 g/mol.